The smallest absolute Gasteiger partial charge is 0.325 e. The molecular formula is C14H19NO3S. The van der Waals surface area contributed by atoms with E-state index in [1.807, 2.05) is 24.3 Å². The van der Waals surface area contributed by atoms with Gasteiger partial charge in [0.1, 0.15) is 11.3 Å². The first-order valence-electron chi connectivity index (χ1n) is 6.26. The second-order valence-electron chi connectivity index (χ2n) is 4.78. The Hall–Kier alpha value is -1.20. The van der Waals surface area contributed by atoms with E-state index in [1.165, 1.54) is 7.11 Å². The lowest BCUT2D eigenvalue weighted by molar-refractivity contribution is -0.146. The van der Waals surface area contributed by atoms with Gasteiger partial charge in [-0.2, -0.15) is 0 Å². The van der Waals surface area contributed by atoms with Gasteiger partial charge in [0.15, 0.2) is 0 Å². The van der Waals surface area contributed by atoms with Crippen LogP contribution in [0, 0.1) is 0 Å². The molecule has 0 bridgehead atoms. The summed E-state index contributed by atoms with van der Waals surface area (Å²) >= 11 is 1.72. The fourth-order valence-electron chi connectivity index (χ4n) is 2.41. The molecule has 1 fully saturated rings. The quantitative estimate of drug-likeness (QED) is 0.857. The van der Waals surface area contributed by atoms with Crippen LogP contribution in [-0.2, 0) is 9.53 Å². The molecule has 1 aromatic carbocycles. The zero-order chi connectivity index (χ0) is 13.9. The van der Waals surface area contributed by atoms with E-state index < -0.39 is 5.54 Å². The van der Waals surface area contributed by atoms with E-state index in [2.05, 4.69) is 0 Å². The Morgan fingerprint density at radius 2 is 2.16 bits per heavy atom. The zero-order valence-corrected chi connectivity index (χ0v) is 12.0. The summed E-state index contributed by atoms with van der Waals surface area (Å²) in [7, 11) is 3.05. The lowest BCUT2D eigenvalue weighted by Crippen LogP contribution is -2.46. The molecular weight excluding hydrogens is 262 g/mol. The summed E-state index contributed by atoms with van der Waals surface area (Å²) in [6.07, 6.45) is 2.23. The van der Waals surface area contributed by atoms with Crippen molar-refractivity contribution < 1.29 is 14.3 Å². The maximum atomic E-state index is 11.7. The number of carbonyl (C=O) groups is 1. The maximum absolute atomic E-state index is 11.7. The molecule has 1 aliphatic carbocycles. The number of ether oxygens (including phenoxy) is 2. The van der Waals surface area contributed by atoms with E-state index in [-0.39, 0.29) is 5.97 Å². The van der Waals surface area contributed by atoms with E-state index in [4.69, 9.17) is 15.2 Å². The van der Waals surface area contributed by atoms with Crippen molar-refractivity contribution in [2.45, 2.75) is 34.9 Å². The molecule has 0 radical (unpaired) electrons. The van der Waals surface area contributed by atoms with E-state index in [9.17, 15) is 4.79 Å². The summed E-state index contributed by atoms with van der Waals surface area (Å²) in [5.74, 6) is 0.552. The Morgan fingerprint density at radius 3 is 2.84 bits per heavy atom. The van der Waals surface area contributed by atoms with Crippen LogP contribution in [0.15, 0.2) is 29.2 Å². The predicted molar refractivity (Wildman–Crippen MR) is 75.4 cm³/mol. The topological polar surface area (TPSA) is 61.5 Å². The van der Waals surface area contributed by atoms with Gasteiger partial charge in [0.25, 0.3) is 0 Å². The number of benzene rings is 1. The molecule has 0 spiro atoms. The maximum Gasteiger partial charge on any atom is 0.325 e. The predicted octanol–water partition coefficient (Wildman–Crippen LogP) is 2.21. The fourth-order valence-corrected chi connectivity index (χ4v) is 3.81. The van der Waals surface area contributed by atoms with Gasteiger partial charge in [-0.3, -0.25) is 4.79 Å². The van der Waals surface area contributed by atoms with Crippen LogP contribution in [0.4, 0.5) is 0 Å². The first-order valence-corrected chi connectivity index (χ1v) is 7.14. The number of carbonyl (C=O) groups excluding carboxylic acids is 1. The van der Waals surface area contributed by atoms with E-state index in [0.717, 1.165) is 17.1 Å². The van der Waals surface area contributed by atoms with Crippen molar-refractivity contribution in [1.82, 2.24) is 0 Å². The number of esters is 1. The third-order valence-corrected chi connectivity index (χ3v) is 4.79. The van der Waals surface area contributed by atoms with Crippen LogP contribution in [0.25, 0.3) is 0 Å². The molecule has 1 aliphatic rings. The average Bonchev–Trinajstić information content (AvgIpc) is 2.81. The Balaban J connectivity index is 2.04. The fraction of sp³-hybridized carbons (Fsp3) is 0.500. The Kier molecular flexibility index (Phi) is 4.37. The average molecular weight is 281 g/mol. The monoisotopic (exact) mass is 281 g/mol. The van der Waals surface area contributed by atoms with Crippen LogP contribution in [0.5, 0.6) is 5.75 Å². The van der Waals surface area contributed by atoms with E-state index in [0.29, 0.717) is 18.1 Å². The van der Waals surface area contributed by atoms with Gasteiger partial charge in [-0.25, -0.2) is 0 Å². The summed E-state index contributed by atoms with van der Waals surface area (Å²) in [6.45, 7) is 0. The number of methoxy groups -OCH3 is 2. The second kappa shape index (κ2) is 5.84. The zero-order valence-electron chi connectivity index (χ0n) is 11.2. The third-order valence-electron chi connectivity index (χ3n) is 3.46. The van der Waals surface area contributed by atoms with Crippen molar-refractivity contribution in [3.8, 4) is 5.75 Å². The molecule has 0 heterocycles. The minimum Gasteiger partial charge on any atom is -0.496 e. The van der Waals surface area contributed by atoms with Gasteiger partial charge in [0, 0.05) is 10.1 Å². The van der Waals surface area contributed by atoms with Crippen LogP contribution in [-0.4, -0.2) is 31.0 Å². The standard InChI is InChI=1S/C14H19NO3S/c1-17-11-5-3-4-6-12(11)19-10-7-8-14(15,9-10)13(16)18-2/h3-6,10H,7-9,15H2,1-2H3. The van der Waals surface area contributed by atoms with Crippen molar-refractivity contribution in [2.24, 2.45) is 5.73 Å². The van der Waals surface area contributed by atoms with Gasteiger partial charge in [-0.1, -0.05) is 12.1 Å². The van der Waals surface area contributed by atoms with Gasteiger partial charge >= 0.3 is 5.97 Å². The first-order chi connectivity index (χ1) is 9.09. The first kappa shape index (κ1) is 14.2. The van der Waals surface area contributed by atoms with Gasteiger partial charge in [0.05, 0.1) is 14.2 Å². The molecule has 1 aromatic rings. The normalized spacial score (nSPS) is 26.2. The molecule has 0 saturated heterocycles. The molecule has 2 N–H and O–H groups in total. The van der Waals surface area contributed by atoms with Crippen LogP contribution in [0.2, 0.25) is 0 Å². The largest absolute Gasteiger partial charge is 0.496 e. The number of thioether (sulfide) groups is 1. The van der Waals surface area contributed by atoms with Gasteiger partial charge < -0.3 is 15.2 Å². The number of nitrogens with two attached hydrogens (primary N) is 1. The van der Waals surface area contributed by atoms with Gasteiger partial charge in [-0.05, 0) is 31.4 Å². The van der Waals surface area contributed by atoms with Crippen molar-refractivity contribution in [1.29, 1.82) is 0 Å². The SMILES string of the molecule is COC(=O)C1(N)CCC(Sc2ccccc2OC)C1. The highest BCUT2D eigenvalue weighted by atomic mass is 32.2. The summed E-state index contributed by atoms with van der Waals surface area (Å²) in [6, 6.07) is 7.89. The minimum absolute atomic E-state index is 0.310. The van der Waals surface area contributed by atoms with Gasteiger partial charge in [-0.15, -0.1) is 11.8 Å². The molecule has 2 atom stereocenters. The third kappa shape index (κ3) is 3.04. The Bertz CT molecular complexity index is 466. The highest BCUT2D eigenvalue weighted by Gasteiger charge is 2.43. The molecule has 5 heteroatoms. The molecule has 2 rings (SSSR count). The molecule has 19 heavy (non-hydrogen) atoms. The Morgan fingerprint density at radius 1 is 1.42 bits per heavy atom. The number of hydrogen-bond acceptors (Lipinski definition) is 5. The van der Waals surface area contributed by atoms with Crippen LogP contribution >= 0.6 is 11.8 Å². The van der Waals surface area contributed by atoms with Crippen molar-refractivity contribution in [2.75, 3.05) is 14.2 Å². The summed E-state index contributed by atoms with van der Waals surface area (Å²) in [4.78, 5) is 12.8. The second-order valence-corrected chi connectivity index (χ2v) is 6.12. The van der Waals surface area contributed by atoms with Crippen molar-refractivity contribution in [3.63, 3.8) is 0 Å². The lowest BCUT2D eigenvalue weighted by Gasteiger charge is -2.20. The minimum atomic E-state index is -0.825. The number of rotatable bonds is 4. The number of para-hydroxylation sites is 1. The molecule has 0 aromatic heterocycles. The van der Waals surface area contributed by atoms with Crippen LogP contribution < -0.4 is 10.5 Å². The summed E-state index contributed by atoms with van der Waals surface area (Å²) in [5, 5.41) is 0.320. The van der Waals surface area contributed by atoms with Crippen LogP contribution in [0.3, 0.4) is 0 Å². The Labute approximate surface area is 117 Å². The van der Waals surface area contributed by atoms with Crippen molar-refractivity contribution in [3.05, 3.63) is 24.3 Å². The lowest BCUT2D eigenvalue weighted by atomic mass is 10.00. The molecule has 0 amide bonds. The van der Waals surface area contributed by atoms with E-state index >= 15 is 0 Å². The summed E-state index contributed by atoms with van der Waals surface area (Å²) < 4.78 is 10.1. The number of hydrogen-bond donors (Lipinski definition) is 1. The highest BCUT2D eigenvalue weighted by Crippen LogP contribution is 2.42. The molecule has 1 saturated carbocycles. The summed E-state index contributed by atoms with van der Waals surface area (Å²) in [5.41, 5.74) is 5.28. The molecule has 104 valence electrons. The van der Waals surface area contributed by atoms with Gasteiger partial charge in [0.2, 0.25) is 0 Å². The molecule has 0 aliphatic heterocycles. The van der Waals surface area contributed by atoms with E-state index in [1.54, 1.807) is 18.9 Å². The molecule has 2 unspecified atom stereocenters. The van der Waals surface area contributed by atoms with Crippen LogP contribution in [0.1, 0.15) is 19.3 Å². The van der Waals surface area contributed by atoms with Crippen molar-refractivity contribution >= 4 is 17.7 Å². The molecule has 4 nitrogen and oxygen atoms in total. The highest BCUT2D eigenvalue weighted by molar-refractivity contribution is 8.00.